The second-order valence-electron chi connectivity index (χ2n) is 7.08. The Morgan fingerprint density at radius 3 is 2.30 bits per heavy atom. The Hall–Kier alpha value is -1.36. The zero-order valence-electron chi connectivity index (χ0n) is 13.6. The van der Waals surface area contributed by atoms with E-state index in [9.17, 15) is 13.2 Å². The van der Waals surface area contributed by atoms with Crippen molar-refractivity contribution in [3.63, 3.8) is 0 Å². The van der Waals surface area contributed by atoms with Gasteiger partial charge in [-0.1, -0.05) is 25.7 Å². The number of fused-ring (bicyclic) bond motifs is 1. The molecule has 1 aromatic rings. The molecule has 1 N–H and O–H groups in total. The van der Waals surface area contributed by atoms with Crippen LogP contribution in [0.4, 0.5) is 0 Å². The summed E-state index contributed by atoms with van der Waals surface area (Å²) in [6, 6.07) is 6.46. The van der Waals surface area contributed by atoms with Crippen LogP contribution in [0.2, 0.25) is 0 Å². The highest BCUT2D eigenvalue weighted by molar-refractivity contribution is 7.90. The minimum absolute atomic E-state index is 0.0932. The lowest BCUT2D eigenvalue weighted by molar-refractivity contribution is 0.0879. The van der Waals surface area contributed by atoms with Gasteiger partial charge in [-0.2, -0.15) is 0 Å². The third-order valence-corrected chi connectivity index (χ3v) is 6.55. The number of nitrogens with one attached hydrogen (secondary N) is 1. The van der Waals surface area contributed by atoms with Gasteiger partial charge >= 0.3 is 0 Å². The molecular formula is C18H25NO3S. The maximum absolute atomic E-state index is 12.4. The lowest BCUT2D eigenvalue weighted by Crippen LogP contribution is -2.41. The Morgan fingerprint density at radius 1 is 1.00 bits per heavy atom. The molecule has 0 heterocycles. The Kier molecular flexibility index (Phi) is 4.76. The van der Waals surface area contributed by atoms with Crippen LogP contribution in [-0.2, 0) is 9.84 Å². The molecule has 23 heavy (non-hydrogen) atoms. The summed E-state index contributed by atoms with van der Waals surface area (Å²) < 4.78 is 22.9. The van der Waals surface area contributed by atoms with E-state index in [0.29, 0.717) is 5.56 Å². The Labute approximate surface area is 138 Å². The molecule has 0 radical (unpaired) electrons. The van der Waals surface area contributed by atoms with Gasteiger partial charge in [0.1, 0.15) is 0 Å². The van der Waals surface area contributed by atoms with E-state index in [1.54, 1.807) is 12.1 Å². The van der Waals surface area contributed by atoms with Gasteiger partial charge in [0.15, 0.2) is 9.84 Å². The highest BCUT2D eigenvalue weighted by Gasteiger charge is 2.32. The predicted molar refractivity (Wildman–Crippen MR) is 90.1 cm³/mol. The van der Waals surface area contributed by atoms with Crippen LogP contribution in [0.25, 0.3) is 0 Å². The first kappa shape index (κ1) is 16.5. The van der Waals surface area contributed by atoms with Crippen molar-refractivity contribution in [2.45, 2.75) is 55.9 Å². The molecule has 2 saturated carbocycles. The first-order valence-corrected chi connectivity index (χ1v) is 10.4. The third kappa shape index (κ3) is 3.94. The molecule has 3 rings (SSSR count). The van der Waals surface area contributed by atoms with E-state index in [-0.39, 0.29) is 16.8 Å². The maximum atomic E-state index is 12.4. The zero-order chi connectivity index (χ0) is 16.4. The largest absolute Gasteiger partial charge is 0.349 e. The number of rotatable bonds is 3. The minimum Gasteiger partial charge on any atom is -0.349 e. The molecule has 0 aromatic heterocycles. The van der Waals surface area contributed by atoms with Crippen LogP contribution in [0.1, 0.15) is 55.3 Å². The lowest BCUT2D eigenvalue weighted by Gasteiger charge is -2.39. The summed E-state index contributed by atoms with van der Waals surface area (Å²) in [5, 5.41) is 3.14. The second-order valence-corrected chi connectivity index (χ2v) is 9.10. The maximum Gasteiger partial charge on any atom is 0.251 e. The van der Waals surface area contributed by atoms with Gasteiger partial charge in [0.2, 0.25) is 0 Å². The lowest BCUT2D eigenvalue weighted by atomic mass is 9.69. The number of hydrogen-bond acceptors (Lipinski definition) is 3. The quantitative estimate of drug-likeness (QED) is 0.923. The van der Waals surface area contributed by atoms with Crippen molar-refractivity contribution in [3.05, 3.63) is 29.8 Å². The Morgan fingerprint density at radius 2 is 1.65 bits per heavy atom. The van der Waals surface area contributed by atoms with Crippen LogP contribution < -0.4 is 5.32 Å². The molecule has 0 unspecified atom stereocenters. The smallest absolute Gasteiger partial charge is 0.251 e. The third-order valence-electron chi connectivity index (χ3n) is 5.42. The topological polar surface area (TPSA) is 63.2 Å². The number of amides is 1. The molecule has 4 nitrogen and oxygen atoms in total. The number of carbonyl (C=O) groups is 1. The van der Waals surface area contributed by atoms with E-state index in [1.165, 1.54) is 50.5 Å². The Bertz CT molecular complexity index is 666. The van der Waals surface area contributed by atoms with Gasteiger partial charge in [-0.15, -0.1) is 0 Å². The molecule has 0 bridgehead atoms. The average Bonchev–Trinajstić information content (AvgIpc) is 2.54. The van der Waals surface area contributed by atoms with Crippen LogP contribution in [-0.4, -0.2) is 26.6 Å². The highest BCUT2D eigenvalue weighted by Crippen LogP contribution is 2.40. The van der Waals surface area contributed by atoms with Gasteiger partial charge in [-0.25, -0.2) is 8.42 Å². The molecule has 0 spiro atoms. The molecule has 0 saturated heterocycles. The van der Waals surface area contributed by atoms with Crippen LogP contribution in [0.15, 0.2) is 29.2 Å². The predicted octanol–water partition coefficient (Wildman–Crippen LogP) is 3.18. The number of benzene rings is 1. The van der Waals surface area contributed by atoms with E-state index < -0.39 is 9.84 Å². The molecule has 5 heteroatoms. The van der Waals surface area contributed by atoms with Crippen molar-refractivity contribution in [2.75, 3.05) is 6.26 Å². The van der Waals surface area contributed by atoms with E-state index in [4.69, 9.17) is 0 Å². The molecule has 2 aliphatic carbocycles. The highest BCUT2D eigenvalue weighted by atomic mass is 32.2. The molecule has 0 aliphatic heterocycles. The van der Waals surface area contributed by atoms with Gasteiger partial charge in [0.05, 0.1) is 4.90 Å². The van der Waals surface area contributed by atoms with Gasteiger partial charge in [0, 0.05) is 17.9 Å². The van der Waals surface area contributed by atoms with Crippen molar-refractivity contribution >= 4 is 15.7 Å². The first-order chi connectivity index (χ1) is 10.9. The summed E-state index contributed by atoms with van der Waals surface area (Å²) in [6.07, 6.45) is 9.91. The number of hydrogen-bond donors (Lipinski definition) is 1. The zero-order valence-corrected chi connectivity index (χ0v) is 14.4. The molecule has 1 aromatic carbocycles. The van der Waals surface area contributed by atoms with Crippen LogP contribution in [0.3, 0.4) is 0 Å². The van der Waals surface area contributed by atoms with Gasteiger partial charge < -0.3 is 5.32 Å². The normalized spacial score (nSPS) is 28.0. The van der Waals surface area contributed by atoms with Crippen LogP contribution >= 0.6 is 0 Å². The Balaban J connectivity index is 1.61. The minimum atomic E-state index is -3.22. The summed E-state index contributed by atoms with van der Waals surface area (Å²) in [4.78, 5) is 12.6. The van der Waals surface area contributed by atoms with E-state index in [1.807, 2.05) is 0 Å². The van der Waals surface area contributed by atoms with Crippen molar-refractivity contribution < 1.29 is 13.2 Å². The van der Waals surface area contributed by atoms with Crippen LogP contribution in [0, 0.1) is 11.8 Å². The van der Waals surface area contributed by atoms with Crippen molar-refractivity contribution in [1.82, 2.24) is 5.32 Å². The fourth-order valence-electron chi connectivity index (χ4n) is 4.13. The molecule has 3 atom stereocenters. The average molecular weight is 335 g/mol. The van der Waals surface area contributed by atoms with Crippen molar-refractivity contribution in [1.29, 1.82) is 0 Å². The first-order valence-electron chi connectivity index (χ1n) is 8.54. The summed E-state index contributed by atoms with van der Waals surface area (Å²) in [6.45, 7) is 0. The van der Waals surface area contributed by atoms with Crippen LogP contribution in [0.5, 0.6) is 0 Å². The van der Waals surface area contributed by atoms with E-state index in [0.717, 1.165) is 24.7 Å². The summed E-state index contributed by atoms with van der Waals surface area (Å²) >= 11 is 0. The summed E-state index contributed by atoms with van der Waals surface area (Å²) in [7, 11) is -3.22. The van der Waals surface area contributed by atoms with Crippen molar-refractivity contribution in [2.24, 2.45) is 11.8 Å². The van der Waals surface area contributed by atoms with Gasteiger partial charge in [0.25, 0.3) is 5.91 Å². The summed E-state index contributed by atoms with van der Waals surface area (Å²) in [5.74, 6) is 1.55. The van der Waals surface area contributed by atoms with Gasteiger partial charge in [-0.3, -0.25) is 4.79 Å². The summed E-state index contributed by atoms with van der Waals surface area (Å²) in [5.41, 5.74) is 0.531. The molecule has 1 amide bonds. The fraction of sp³-hybridized carbons (Fsp3) is 0.611. The molecule has 2 fully saturated rings. The SMILES string of the molecule is CS(=O)(=O)c1ccc(C(=O)N[C@@H]2CC[C@H]3CCCC[C@H]3C2)cc1. The molecule has 126 valence electrons. The van der Waals surface area contributed by atoms with Gasteiger partial charge in [-0.05, 0) is 55.4 Å². The number of sulfone groups is 1. The molecular weight excluding hydrogens is 310 g/mol. The second kappa shape index (κ2) is 6.63. The fourth-order valence-corrected chi connectivity index (χ4v) is 4.76. The van der Waals surface area contributed by atoms with Crippen molar-refractivity contribution in [3.8, 4) is 0 Å². The number of carbonyl (C=O) groups excluding carboxylic acids is 1. The standard InChI is InChI=1S/C18H25NO3S/c1-23(21,22)17-10-7-14(8-11-17)18(20)19-16-9-6-13-4-2-3-5-15(13)12-16/h7-8,10-11,13,15-16H,2-6,9,12H2,1H3,(H,19,20)/t13-,15+,16-/m1/s1. The van der Waals surface area contributed by atoms with E-state index in [2.05, 4.69) is 5.32 Å². The molecule has 2 aliphatic rings. The van der Waals surface area contributed by atoms with E-state index >= 15 is 0 Å². The monoisotopic (exact) mass is 335 g/mol.